The summed E-state index contributed by atoms with van der Waals surface area (Å²) in [6.45, 7) is -0.232. The molecule has 0 aliphatic heterocycles. The Balaban J connectivity index is 1.38. The molecule has 0 saturated heterocycles. The lowest BCUT2D eigenvalue weighted by atomic mass is 10.1. The van der Waals surface area contributed by atoms with E-state index < -0.39 is 15.9 Å². The van der Waals surface area contributed by atoms with Gasteiger partial charge in [-0.25, -0.2) is 13.1 Å². The van der Waals surface area contributed by atoms with Gasteiger partial charge in [0, 0.05) is 12.0 Å². The number of ether oxygens (including phenoxy) is 1. The fraction of sp³-hybridized carbons (Fsp3) is 0.200. The zero-order valence-corrected chi connectivity index (χ0v) is 21.9. The standard InChI is InChI=1S/C25H24N8O6S/c1-38-22-16(24-30-20(39-33-24)13-27-40(36,37)15-6-3-2-4-7-15)8-5-9-17(22)28-18-12-19(29-25(35)14-10-11-14)31-32-21(18)23(26)34/h2-9,12,14,27H,10-11,13H2,1H3,(H2,26,34)(H2,28,29,31,35). The van der Waals surface area contributed by atoms with Crippen LogP contribution < -0.4 is 25.8 Å². The first kappa shape index (κ1) is 26.7. The van der Waals surface area contributed by atoms with E-state index in [-0.39, 0.29) is 57.9 Å². The number of methoxy groups -OCH3 is 1. The average Bonchev–Trinajstić information content (AvgIpc) is 3.70. The minimum Gasteiger partial charge on any atom is -0.494 e. The number of anilines is 3. The van der Waals surface area contributed by atoms with Crippen molar-refractivity contribution in [3.05, 3.63) is 66.2 Å². The minimum atomic E-state index is -3.78. The van der Waals surface area contributed by atoms with Crippen molar-refractivity contribution < 1.29 is 27.3 Å². The normalized spacial score (nSPS) is 13.0. The van der Waals surface area contributed by atoms with Gasteiger partial charge in [-0.2, -0.15) is 4.98 Å². The van der Waals surface area contributed by atoms with Gasteiger partial charge in [0.15, 0.2) is 17.3 Å². The highest BCUT2D eigenvalue weighted by atomic mass is 32.2. The molecule has 0 radical (unpaired) electrons. The Morgan fingerprint density at radius 3 is 2.55 bits per heavy atom. The number of sulfonamides is 1. The van der Waals surface area contributed by atoms with Gasteiger partial charge in [0.1, 0.15) is 0 Å². The molecule has 206 valence electrons. The Hall–Kier alpha value is -4.89. The van der Waals surface area contributed by atoms with Gasteiger partial charge in [0.25, 0.3) is 5.91 Å². The third-order valence-corrected chi connectivity index (χ3v) is 7.31. The summed E-state index contributed by atoms with van der Waals surface area (Å²) in [4.78, 5) is 28.6. The molecule has 2 aromatic heterocycles. The monoisotopic (exact) mass is 564 g/mol. The molecule has 0 bridgehead atoms. The SMILES string of the molecule is COc1c(Nc2cc(NC(=O)C3CC3)nnc2C(N)=O)cccc1-c1noc(CNS(=O)(=O)c2ccccc2)n1. The first-order valence-corrected chi connectivity index (χ1v) is 13.5. The van der Waals surface area contributed by atoms with Crippen LogP contribution in [0.25, 0.3) is 11.4 Å². The second-order valence-corrected chi connectivity index (χ2v) is 10.5. The van der Waals surface area contributed by atoms with Crippen molar-refractivity contribution in [2.75, 3.05) is 17.7 Å². The van der Waals surface area contributed by atoms with E-state index in [0.29, 0.717) is 11.3 Å². The molecule has 0 atom stereocenters. The number of nitrogens with zero attached hydrogens (tertiary/aromatic N) is 4. The van der Waals surface area contributed by atoms with E-state index >= 15 is 0 Å². The predicted molar refractivity (Wildman–Crippen MR) is 142 cm³/mol. The molecule has 5 N–H and O–H groups in total. The van der Waals surface area contributed by atoms with E-state index in [2.05, 4.69) is 35.7 Å². The molecule has 4 aromatic rings. The quantitative estimate of drug-likeness (QED) is 0.208. The number of primary amides is 1. The van der Waals surface area contributed by atoms with E-state index in [0.717, 1.165) is 12.8 Å². The molecule has 5 rings (SSSR count). The van der Waals surface area contributed by atoms with Gasteiger partial charge in [-0.15, -0.1) is 10.2 Å². The molecule has 0 spiro atoms. The number of para-hydroxylation sites is 1. The van der Waals surface area contributed by atoms with E-state index in [1.54, 1.807) is 36.4 Å². The molecule has 1 aliphatic carbocycles. The van der Waals surface area contributed by atoms with Crippen LogP contribution in [0.1, 0.15) is 29.2 Å². The van der Waals surface area contributed by atoms with Gasteiger partial charge in [-0.05, 0) is 37.1 Å². The van der Waals surface area contributed by atoms with Crippen LogP contribution in [0, 0.1) is 5.92 Å². The van der Waals surface area contributed by atoms with Crippen LogP contribution in [0.15, 0.2) is 64.0 Å². The Bertz CT molecular complexity index is 1670. The van der Waals surface area contributed by atoms with E-state index in [4.69, 9.17) is 15.0 Å². The van der Waals surface area contributed by atoms with E-state index in [1.165, 1.54) is 25.3 Å². The lowest BCUT2D eigenvalue weighted by Crippen LogP contribution is -2.23. The fourth-order valence-corrected chi connectivity index (χ4v) is 4.75. The van der Waals surface area contributed by atoms with Gasteiger partial charge in [-0.1, -0.05) is 29.4 Å². The van der Waals surface area contributed by atoms with Crippen LogP contribution >= 0.6 is 0 Å². The number of nitrogens with one attached hydrogen (secondary N) is 3. The second kappa shape index (κ2) is 11.1. The number of nitrogens with two attached hydrogens (primary N) is 1. The summed E-state index contributed by atoms with van der Waals surface area (Å²) in [7, 11) is -2.35. The Kier molecular flexibility index (Phi) is 7.39. The van der Waals surface area contributed by atoms with Crippen molar-refractivity contribution in [3.63, 3.8) is 0 Å². The first-order chi connectivity index (χ1) is 19.2. The molecular weight excluding hydrogens is 540 g/mol. The highest BCUT2D eigenvalue weighted by Gasteiger charge is 2.30. The predicted octanol–water partition coefficient (Wildman–Crippen LogP) is 2.20. The number of amides is 2. The molecule has 14 nitrogen and oxygen atoms in total. The van der Waals surface area contributed by atoms with Crippen LogP contribution in [0.5, 0.6) is 5.75 Å². The van der Waals surface area contributed by atoms with Crippen LogP contribution in [-0.2, 0) is 21.4 Å². The Morgan fingerprint density at radius 1 is 1.07 bits per heavy atom. The van der Waals surface area contributed by atoms with Crippen LogP contribution in [0.3, 0.4) is 0 Å². The maximum atomic E-state index is 12.5. The molecule has 2 amide bonds. The molecule has 1 aliphatic rings. The molecule has 2 heterocycles. The summed E-state index contributed by atoms with van der Waals surface area (Å²) in [6.07, 6.45) is 1.62. The minimum absolute atomic E-state index is 0.0281. The summed E-state index contributed by atoms with van der Waals surface area (Å²) in [5.41, 5.74) is 6.34. The zero-order chi connectivity index (χ0) is 28.3. The molecule has 2 aromatic carbocycles. The van der Waals surface area contributed by atoms with Gasteiger partial charge >= 0.3 is 0 Å². The lowest BCUT2D eigenvalue weighted by Gasteiger charge is -2.15. The third kappa shape index (κ3) is 5.89. The van der Waals surface area contributed by atoms with Crippen molar-refractivity contribution in [2.24, 2.45) is 11.7 Å². The van der Waals surface area contributed by atoms with Crippen LogP contribution in [0.4, 0.5) is 17.2 Å². The van der Waals surface area contributed by atoms with Crippen LogP contribution in [-0.4, -0.2) is 47.7 Å². The van der Waals surface area contributed by atoms with Gasteiger partial charge < -0.3 is 25.6 Å². The second-order valence-electron chi connectivity index (χ2n) is 8.78. The smallest absolute Gasteiger partial charge is 0.271 e. The maximum absolute atomic E-state index is 12.5. The Morgan fingerprint density at radius 2 is 1.85 bits per heavy atom. The number of carbonyl (C=O) groups is 2. The highest BCUT2D eigenvalue weighted by molar-refractivity contribution is 7.89. The summed E-state index contributed by atoms with van der Waals surface area (Å²) in [6, 6.07) is 14.4. The molecule has 0 unspecified atom stereocenters. The number of hydrogen-bond acceptors (Lipinski definition) is 11. The van der Waals surface area contributed by atoms with E-state index in [9.17, 15) is 18.0 Å². The molecule has 15 heteroatoms. The molecule has 1 fully saturated rings. The number of carbonyl (C=O) groups excluding carboxylic acids is 2. The number of aromatic nitrogens is 4. The lowest BCUT2D eigenvalue weighted by molar-refractivity contribution is -0.117. The third-order valence-electron chi connectivity index (χ3n) is 5.89. The molecule has 1 saturated carbocycles. The summed E-state index contributed by atoms with van der Waals surface area (Å²) < 4.78 is 38.3. The van der Waals surface area contributed by atoms with Crippen molar-refractivity contribution >= 4 is 39.0 Å². The number of hydrogen-bond donors (Lipinski definition) is 4. The summed E-state index contributed by atoms with van der Waals surface area (Å²) >= 11 is 0. The molecule has 40 heavy (non-hydrogen) atoms. The van der Waals surface area contributed by atoms with E-state index in [1.807, 2.05) is 0 Å². The van der Waals surface area contributed by atoms with Crippen molar-refractivity contribution in [2.45, 2.75) is 24.3 Å². The Labute approximate surface area is 228 Å². The summed E-state index contributed by atoms with van der Waals surface area (Å²) in [5.74, 6) is -0.457. The van der Waals surface area contributed by atoms with Gasteiger partial charge in [-0.3, -0.25) is 9.59 Å². The highest BCUT2D eigenvalue weighted by Crippen LogP contribution is 2.37. The fourth-order valence-electron chi connectivity index (χ4n) is 3.76. The molecular formula is C25H24N8O6S. The maximum Gasteiger partial charge on any atom is 0.271 e. The van der Waals surface area contributed by atoms with Crippen molar-refractivity contribution in [3.8, 4) is 17.1 Å². The largest absolute Gasteiger partial charge is 0.494 e. The number of rotatable bonds is 11. The topological polar surface area (TPSA) is 204 Å². The zero-order valence-electron chi connectivity index (χ0n) is 21.1. The van der Waals surface area contributed by atoms with Crippen molar-refractivity contribution in [1.29, 1.82) is 0 Å². The van der Waals surface area contributed by atoms with Gasteiger partial charge in [0.2, 0.25) is 27.6 Å². The van der Waals surface area contributed by atoms with Gasteiger partial charge in [0.05, 0.1) is 35.5 Å². The first-order valence-electron chi connectivity index (χ1n) is 12.0. The average molecular weight is 565 g/mol. The summed E-state index contributed by atoms with van der Waals surface area (Å²) in [5, 5.41) is 17.4. The van der Waals surface area contributed by atoms with Crippen molar-refractivity contribution in [1.82, 2.24) is 25.1 Å². The number of benzene rings is 2. The van der Waals surface area contributed by atoms with Crippen LogP contribution in [0.2, 0.25) is 0 Å².